The Morgan fingerprint density at radius 1 is 1.00 bits per heavy atom. The van der Waals surface area contributed by atoms with Gasteiger partial charge in [-0.15, -0.1) is 0 Å². The maximum absolute atomic E-state index is 12.6. The van der Waals surface area contributed by atoms with Crippen molar-refractivity contribution in [1.82, 2.24) is 9.88 Å². The highest BCUT2D eigenvalue weighted by Crippen LogP contribution is 2.33. The van der Waals surface area contributed by atoms with E-state index in [0.29, 0.717) is 0 Å². The Labute approximate surface area is 130 Å². The fourth-order valence-electron chi connectivity index (χ4n) is 3.53. The molecule has 0 saturated carbocycles. The van der Waals surface area contributed by atoms with E-state index in [2.05, 4.69) is 40.2 Å². The fraction of sp³-hybridized carbons (Fsp3) is 0.389. The van der Waals surface area contributed by atoms with Crippen molar-refractivity contribution >= 4 is 17.4 Å². The van der Waals surface area contributed by atoms with Gasteiger partial charge in [-0.2, -0.15) is 0 Å². The van der Waals surface area contributed by atoms with Crippen LogP contribution in [0, 0.1) is 0 Å². The van der Waals surface area contributed by atoms with E-state index in [1.165, 1.54) is 11.3 Å². The molecule has 1 fully saturated rings. The van der Waals surface area contributed by atoms with Crippen molar-refractivity contribution in [2.24, 2.45) is 0 Å². The lowest BCUT2D eigenvalue weighted by atomic mass is 10.1. The van der Waals surface area contributed by atoms with Crippen molar-refractivity contribution in [1.29, 1.82) is 0 Å². The van der Waals surface area contributed by atoms with Gasteiger partial charge in [-0.3, -0.25) is 4.79 Å². The van der Waals surface area contributed by atoms with Crippen molar-refractivity contribution in [3.05, 3.63) is 47.7 Å². The molecule has 114 valence electrons. The number of aromatic amines is 1. The molecule has 1 amide bonds. The number of hydrogen-bond acceptors (Lipinski definition) is 2. The van der Waals surface area contributed by atoms with Gasteiger partial charge in [-0.05, 0) is 49.4 Å². The molecule has 4 rings (SSSR count). The third kappa shape index (κ3) is 2.28. The first kappa shape index (κ1) is 13.4. The smallest absolute Gasteiger partial charge is 0.270 e. The topological polar surface area (TPSA) is 39.3 Å². The Hall–Kier alpha value is -2.23. The zero-order valence-corrected chi connectivity index (χ0v) is 12.7. The number of carbonyl (C=O) groups is 1. The number of amides is 1. The zero-order valence-electron chi connectivity index (χ0n) is 12.7. The van der Waals surface area contributed by atoms with E-state index >= 15 is 0 Å². The van der Waals surface area contributed by atoms with Gasteiger partial charge in [-0.25, -0.2) is 0 Å². The maximum atomic E-state index is 12.6. The summed E-state index contributed by atoms with van der Waals surface area (Å²) >= 11 is 0. The minimum Gasteiger partial charge on any atom is -0.337 e. The molecule has 1 aromatic carbocycles. The van der Waals surface area contributed by atoms with Crippen molar-refractivity contribution in [2.45, 2.75) is 25.7 Å². The van der Waals surface area contributed by atoms with Crippen LogP contribution in [0.4, 0.5) is 11.5 Å². The number of H-pyrrole nitrogens is 1. The van der Waals surface area contributed by atoms with Crippen LogP contribution in [0.3, 0.4) is 0 Å². The van der Waals surface area contributed by atoms with Crippen LogP contribution in [0.1, 0.15) is 35.3 Å². The van der Waals surface area contributed by atoms with Gasteiger partial charge in [0, 0.05) is 25.3 Å². The van der Waals surface area contributed by atoms with Crippen LogP contribution in [0.15, 0.2) is 36.4 Å². The zero-order chi connectivity index (χ0) is 14.9. The van der Waals surface area contributed by atoms with Gasteiger partial charge in [0.2, 0.25) is 0 Å². The Balaban J connectivity index is 1.66. The number of rotatable bonds is 2. The van der Waals surface area contributed by atoms with Crippen LogP contribution in [-0.2, 0) is 6.42 Å². The lowest BCUT2D eigenvalue weighted by molar-refractivity contribution is 0.0788. The van der Waals surface area contributed by atoms with E-state index in [9.17, 15) is 4.79 Å². The Morgan fingerprint density at radius 3 is 2.55 bits per heavy atom. The van der Waals surface area contributed by atoms with Crippen LogP contribution in [0.5, 0.6) is 0 Å². The molecule has 0 aliphatic carbocycles. The van der Waals surface area contributed by atoms with Gasteiger partial charge in [0.15, 0.2) is 0 Å². The third-order valence-electron chi connectivity index (χ3n) is 4.67. The molecule has 3 heterocycles. The highest BCUT2D eigenvalue weighted by molar-refractivity contribution is 5.94. The molecule has 4 heteroatoms. The second-order valence-corrected chi connectivity index (χ2v) is 6.15. The number of nitrogens with one attached hydrogen (secondary N) is 1. The maximum Gasteiger partial charge on any atom is 0.270 e. The summed E-state index contributed by atoms with van der Waals surface area (Å²) in [6.07, 6.45) is 4.42. The molecule has 0 unspecified atom stereocenters. The van der Waals surface area contributed by atoms with E-state index < -0.39 is 0 Å². The summed E-state index contributed by atoms with van der Waals surface area (Å²) in [5.74, 6) is 1.25. The quantitative estimate of drug-likeness (QED) is 0.923. The summed E-state index contributed by atoms with van der Waals surface area (Å²) < 4.78 is 0. The minimum atomic E-state index is 0.153. The molecule has 2 aromatic rings. The molecule has 0 spiro atoms. The molecule has 2 aliphatic rings. The first-order chi connectivity index (χ1) is 10.8. The van der Waals surface area contributed by atoms with Gasteiger partial charge >= 0.3 is 0 Å². The molecule has 0 bridgehead atoms. The molecule has 4 nitrogen and oxygen atoms in total. The third-order valence-corrected chi connectivity index (χ3v) is 4.67. The van der Waals surface area contributed by atoms with E-state index in [1.54, 1.807) is 0 Å². The number of carbonyl (C=O) groups excluding carboxylic acids is 1. The summed E-state index contributed by atoms with van der Waals surface area (Å²) in [5, 5.41) is 0. The molecular weight excluding hydrogens is 274 g/mol. The van der Waals surface area contributed by atoms with Crippen molar-refractivity contribution in [3.63, 3.8) is 0 Å². The molecular formula is C18H21N3O. The molecule has 22 heavy (non-hydrogen) atoms. The predicted octanol–water partition coefficient (Wildman–Crippen LogP) is 3.34. The Bertz CT molecular complexity index is 671. The standard InChI is InChI=1S/C18H21N3O/c22-18(20-10-4-5-11-20)16-13-14-7-6-12-21(17(14)19-16)15-8-2-1-3-9-15/h1-3,8-9,13,19H,4-7,10-12H2. The van der Waals surface area contributed by atoms with Gasteiger partial charge in [-0.1, -0.05) is 18.2 Å². The van der Waals surface area contributed by atoms with Crippen LogP contribution in [0.2, 0.25) is 0 Å². The number of nitrogens with zero attached hydrogens (tertiary/aromatic N) is 2. The number of hydrogen-bond donors (Lipinski definition) is 1. The van der Waals surface area contributed by atoms with Crippen LogP contribution in [0.25, 0.3) is 0 Å². The lowest BCUT2D eigenvalue weighted by Gasteiger charge is -2.28. The van der Waals surface area contributed by atoms with Gasteiger partial charge < -0.3 is 14.8 Å². The average molecular weight is 295 g/mol. The lowest BCUT2D eigenvalue weighted by Crippen LogP contribution is -2.28. The van der Waals surface area contributed by atoms with Crippen molar-refractivity contribution in [3.8, 4) is 0 Å². The number of likely N-dealkylation sites (tertiary alicyclic amines) is 1. The minimum absolute atomic E-state index is 0.153. The SMILES string of the molecule is O=C(c1cc2c([nH]1)N(c1ccccc1)CCC2)N1CCCC1. The van der Waals surface area contributed by atoms with Crippen LogP contribution < -0.4 is 4.90 Å². The largest absolute Gasteiger partial charge is 0.337 e. The molecule has 1 aromatic heterocycles. The van der Waals surface area contributed by atoms with E-state index in [4.69, 9.17) is 0 Å². The number of fused-ring (bicyclic) bond motifs is 1. The second kappa shape index (κ2) is 5.52. The fourth-order valence-corrected chi connectivity index (χ4v) is 3.53. The van der Waals surface area contributed by atoms with Crippen molar-refractivity contribution in [2.75, 3.05) is 24.5 Å². The molecule has 1 N–H and O–H groups in total. The van der Waals surface area contributed by atoms with E-state index in [0.717, 1.165) is 56.8 Å². The number of aromatic nitrogens is 1. The number of anilines is 2. The summed E-state index contributed by atoms with van der Waals surface area (Å²) in [6, 6.07) is 12.5. The first-order valence-electron chi connectivity index (χ1n) is 8.17. The monoisotopic (exact) mass is 295 g/mol. The van der Waals surface area contributed by atoms with E-state index in [-0.39, 0.29) is 5.91 Å². The normalized spacial score (nSPS) is 17.6. The van der Waals surface area contributed by atoms with Crippen LogP contribution in [-0.4, -0.2) is 35.4 Å². The second-order valence-electron chi connectivity index (χ2n) is 6.15. The average Bonchev–Trinajstić information content (AvgIpc) is 3.24. The summed E-state index contributed by atoms with van der Waals surface area (Å²) in [4.78, 5) is 20.2. The van der Waals surface area contributed by atoms with Crippen molar-refractivity contribution < 1.29 is 4.79 Å². The van der Waals surface area contributed by atoms with Gasteiger partial charge in [0.1, 0.15) is 11.5 Å². The van der Waals surface area contributed by atoms with Gasteiger partial charge in [0.05, 0.1) is 0 Å². The van der Waals surface area contributed by atoms with Gasteiger partial charge in [0.25, 0.3) is 5.91 Å². The summed E-state index contributed by atoms with van der Waals surface area (Å²) in [5.41, 5.74) is 3.19. The molecule has 0 radical (unpaired) electrons. The first-order valence-corrected chi connectivity index (χ1v) is 8.17. The summed E-state index contributed by atoms with van der Waals surface area (Å²) in [7, 11) is 0. The van der Waals surface area contributed by atoms with E-state index in [1.807, 2.05) is 11.0 Å². The Kier molecular flexibility index (Phi) is 3.37. The highest BCUT2D eigenvalue weighted by Gasteiger charge is 2.26. The Morgan fingerprint density at radius 2 is 1.77 bits per heavy atom. The number of aryl methyl sites for hydroxylation is 1. The molecule has 1 saturated heterocycles. The molecule has 2 aliphatic heterocycles. The summed E-state index contributed by atoms with van der Waals surface area (Å²) in [6.45, 7) is 2.78. The number of benzene rings is 1. The number of para-hydroxylation sites is 1. The van der Waals surface area contributed by atoms with Crippen LogP contribution >= 0.6 is 0 Å². The predicted molar refractivity (Wildman–Crippen MR) is 87.7 cm³/mol. The molecule has 0 atom stereocenters. The highest BCUT2D eigenvalue weighted by atomic mass is 16.2.